The average Bonchev–Trinajstić information content (AvgIpc) is 2.57. The standard InChI is InChI=1S/C10H18N2O2S/c1-10(2,13)7-5-4-6-8(14-7)15-9(11-3)12-6/h6-8,13H,4-5H2,1-3H3,(H,11,12)/t6-,7+,8-/m1/s1. The zero-order valence-electron chi connectivity index (χ0n) is 9.36. The van der Waals surface area contributed by atoms with Crippen LogP contribution < -0.4 is 5.32 Å². The Morgan fingerprint density at radius 2 is 2.27 bits per heavy atom. The molecule has 0 bridgehead atoms. The molecule has 1 fully saturated rings. The van der Waals surface area contributed by atoms with E-state index >= 15 is 0 Å². The Hall–Kier alpha value is -0.260. The van der Waals surface area contributed by atoms with Crippen LogP contribution in [0.1, 0.15) is 26.7 Å². The molecular weight excluding hydrogens is 212 g/mol. The van der Waals surface area contributed by atoms with Crippen LogP contribution >= 0.6 is 11.8 Å². The number of fused-ring (bicyclic) bond motifs is 1. The van der Waals surface area contributed by atoms with E-state index in [0.29, 0.717) is 0 Å². The highest BCUT2D eigenvalue weighted by Gasteiger charge is 2.41. The Kier molecular flexibility index (Phi) is 2.96. The van der Waals surface area contributed by atoms with Crippen LogP contribution in [0.15, 0.2) is 4.99 Å². The van der Waals surface area contributed by atoms with E-state index < -0.39 is 5.60 Å². The van der Waals surface area contributed by atoms with Crippen LogP contribution in [0.4, 0.5) is 0 Å². The van der Waals surface area contributed by atoms with Gasteiger partial charge in [-0.2, -0.15) is 0 Å². The summed E-state index contributed by atoms with van der Waals surface area (Å²) >= 11 is 1.62. The number of hydrogen-bond acceptors (Lipinski definition) is 5. The maximum atomic E-state index is 9.90. The summed E-state index contributed by atoms with van der Waals surface area (Å²) in [4.78, 5) is 4.51. The smallest absolute Gasteiger partial charge is 0.159 e. The Morgan fingerprint density at radius 1 is 1.53 bits per heavy atom. The molecule has 5 heteroatoms. The zero-order chi connectivity index (χ0) is 11.1. The van der Waals surface area contributed by atoms with Gasteiger partial charge in [0.25, 0.3) is 0 Å². The predicted octanol–water partition coefficient (Wildman–Crippen LogP) is 0.953. The molecule has 0 aliphatic carbocycles. The van der Waals surface area contributed by atoms with Gasteiger partial charge in [0, 0.05) is 7.05 Å². The van der Waals surface area contributed by atoms with Gasteiger partial charge >= 0.3 is 0 Å². The molecule has 3 atom stereocenters. The van der Waals surface area contributed by atoms with Crippen LogP contribution in [-0.2, 0) is 4.74 Å². The Bertz CT molecular complexity index is 275. The monoisotopic (exact) mass is 230 g/mol. The van der Waals surface area contributed by atoms with Crippen LogP contribution in [0.5, 0.6) is 0 Å². The number of rotatable bonds is 1. The van der Waals surface area contributed by atoms with Crippen molar-refractivity contribution in [2.24, 2.45) is 4.99 Å². The first-order valence-electron chi connectivity index (χ1n) is 5.31. The highest BCUT2D eigenvalue weighted by Crippen LogP contribution is 2.37. The van der Waals surface area contributed by atoms with Crippen molar-refractivity contribution in [3.63, 3.8) is 0 Å². The summed E-state index contributed by atoms with van der Waals surface area (Å²) in [5, 5.41) is 13.9. The van der Waals surface area contributed by atoms with Gasteiger partial charge in [0.15, 0.2) is 5.17 Å². The quantitative estimate of drug-likeness (QED) is 0.704. The maximum Gasteiger partial charge on any atom is 0.159 e. The van der Waals surface area contributed by atoms with Gasteiger partial charge in [-0.1, -0.05) is 11.8 Å². The summed E-state index contributed by atoms with van der Waals surface area (Å²) in [6, 6.07) is 0.260. The molecule has 15 heavy (non-hydrogen) atoms. The second-order valence-electron chi connectivity index (χ2n) is 4.59. The summed E-state index contributed by atoms with van der Waals surface area (Å²) in [7, 11) is 1.87. The van der Waals surface area contributed by atoms with Crippen molar-refractivity contribution in [2.75, 3.05) is 7.05 Å². The van der Waals surface area contributed by atoms with Gasteiger partial charge in [0.05, 0.1) is 17.7 Å². The van der Waals surface area contributed by atoms with Crippen LogP contribution in [0.25, 0.3) is 0 Å². The molecule has 2 rings (SSSR count). The minimum absolute atomic E-state index is 0.0716. The van der Waals surface area contributed by atoms with E-state index in [-0.39, 0.29) is 17.6 Å². The molecule has 1 saturated heterocycles. The fourth-order valence-electron chi connectivity index (χ4n) is 1.94. The third kappa shape index (κ3) is 2.29. The van der Waals surface area contributed by atoms with Crippen molar-refractivity contribution < 1.29 is 9.84 Å². The third-order valence-corrected chi connectivity index (χ3v) is 4.04. The van der Waals surface area contributed by atoms with E-state index in [1.165, 1.54) is 0 Å². The molecule has 0 aromatic heterocycles. The van der Waals surface area contributed by atoms with Gasteiger partial charge in [-0.05, 0) is 26.7 Å². The van der Waals surface area contributed by atoms with Gasteiger partial charge in [-0.25, -0.2) is 0 Å². The molecule has 0 spiro atoms. The zero-order valence-corrected chi connectivity index (χ0v) is 10.2. The fraction of sp³-hybridized carbons (Fsp3) is 0.900. The van der Waals surface area contributed by atoms with Gasteiger partial charge in [-0.3, -0.25) is 4.99 Å². The normalized spacial score (nSPS) is 36.0. The lowest BCUT2D eigenvalue weighted by atomic mass is 9.93. The van der Waals surface area contributed by atoms with Crippen molar-refractivity contribution in [3.05, 3.63) is 0 Å². The number of thioether (sulfide) groups is 1. The van der Waals surface area contributed by atoms with Gasteiger partial charge in [0.1, 0.15) is 5.44 Å². The number of aliphatic imine (C=N–C) groups is 1. The van der Waals surface area contributed by atoms with Crippen molar-refractivity contribution in [2.45, 2.75) is 49.9 Å². The van der Waals surface area contributed by atoms with E-state index in [4.69, 9.17) is 4.74 Å². The van der Waals surface area contributed by atoms with E-state index in [1.807, 2.05) is 7.05 Å². The van der Waals surface area contributed by atoms with Gasteiger partial charge in [-0.15, -0.1) is 0 Å². The highest BCUT2D eigenvalue weighted by atomic mass is 32.2. The molecule has 2 heterocycles. The predicted molar refractivity (Wildman–Crippen MR) is 62.1 cm³/mol. The molecule has 0 aromatic carbocycles. The second kappa shape index (κ2) is 3.96. The molecule has 2 N–H and O–H groups in total. The Balaban J connectivity index is 1.99. The molecule has 0 saturated carbocycles. The largest absolute Gasteiger partial charge is 0.388 e. The lowest BCUT2D eigenvalue weighted by molar-refractivity contribution is -0.121. The summed E-state index contributed by atoms with van der Waals surface area (Å²) in [5.41, 5.74) is -0.675. The number of ether oxygens (including phenoxy) is 1. The van der Waals surface area contributed by atoms with Crippen molar-refractivity contribution in [1.82, 2.24) is 5.32 Å². The maximum absolute atomic E-state index is 9.90. The molecule has 0 unspecified atom stereocenters. The second-order valence-corrected chi connectivity index (χ2v) is 5.68. The van der Waals surface area contributed by atoms with Crippen molar-refractivity contribution in [3.8, 4) is 0 Å². The minimum atomic E-state index is -0.756. The molecule has 2 aliphatic rings. The van der Waals surface area contributed by atoms with E-state index in [2.05, 4.69) is 10.3 Å². The summed E-state index contributed by atoms with van der Waals surface area (Å²) < 4.78 is 5.87. The number of hydrogen-bond donors (Lipinski definition) is 2. The lowest BCUT2D eigenvalue weighted by Crippen LogP contribution is -2.45. The van der Waals surface area contributed by atoms with Crippen LogP contribution in [0.2, 0.25) is 0 Å². The molecule has 2 aliphatic heterocycles. The summed E-state index contributed by atoms with van der Waals surface area (Å²) in [6.07, 6.45) is 1.81. The molecule has 0 radical (unpaired) electrons. The molecular formula is C10H18N2O2S. The number of amidine groups is 1. The van der Waals surface area contributed by atoms with Crippen molar-refractivity contribution >= 4 is 16.9 Å². The van der Waals surface area contributed by atoms with Gasteiger partial charge < -0.3 is 15.2 Å². The third-order valence-electron chi connectivity index (χ3n) is 2.85. The Morgan fingerprint density at radius 3 is 2.87 bits per heavy atom. The first kappa shape index (κ1) is 11.2. The summed E-state index contributed by atoms with van der Waals surface area (Å²) in [5.74, 6) is 0. The van der Waals surface area contributed by atoms with Gasteiger partial charge in [0.2, 0.25) is 0 Å². The van der Waals surface area contributed by atoms with E-state index in [1.54, 1.807) is 25.6 Å². The molecule has 0 amide bonds. The fourth-order valence-corrected chi connectivity index (χ4v) is 3.02. The number of aliphatic hydroxyl groups is 1. The van der Waals surface area contributed by atoms with E-state index in [0.717, 1.165) is 18.0 Å². The van der Waals surface area contributed by atoms with Crippen LogP contribution in [0, 0.1) is 0 Å². The first-order valence-corrected chi connectivity index (χ1v) is 6.18. The molecule has 0 aromatic rings. The Labute approximate surface area is 94.5 Å². The molecule has 4 nitrogen and oxygen atoms in total. The molecule has 86 valence electrons. The average molecular weight is 230 g/mol. The van der Waals surface area contributed by atoms with Crippen LogP contribution in [-0.4, -0.2) is 40.5 Å². The van der Waals surface area contributed by atoms with E-state index in [9.17, 15) is 5.11 Å². The number of nitrogens with zero attached hydrogens (tertiary/aromatic N) is 1. The lowest BCUT2D eigenvalue weighted by Gasteiger charge is -2.37. The SMILES string of the molecule is CNC1=N[C@@H]2CC[C@@H](C(C)(C)O)O[C@@H]2S1. The van der Waals surface area contributed by atoms with Crippen molar-refractivity contribution in [1.29, 1.82) is 0 Å². The topological polar surface area (TPSA) is 53.9 Å². The number of nitrogens with one attached hydrogen (secondary N) is 1. The highest BCUT2D eigenvalue weighted by molar-refractivity contribution is 8.14. The van der Waals surface area contributed by atoms with Crippen LogP contribution in [0.3, 0.4) is 0 Å². The summed E-state index contributed by atoms with van der Waals surface area (Å²) in [6.45, 7) is 3.61. The first-order chi connectivity index (χ1) is 7.00. The minimum Gasteiger partial charge on any atom is -0.388 e.